The number of halogens is 2. The van der Waals surface area contributed by atoms with Gasteiger partial charge in [-0.15, -0.1) is 24.0 Å². The number of hydrogen-bond donors (Lipinski definition) is 1. The minimum absolute atomic E-state index is 0. The summed E-state index contributed by atoms with van der Waals surface area (Å²) in [5.74, 6) is 0.924. The maximum atomic E-state index is 12.2. The summed E-state index contributed by atoms with van der Waals surface area (Å²) in [4.78, 5) is 10.7. The lowest BCUT2D eigenvalue weighted by atomic mass is 10.2. The Balaban J connectivity index is 0.00000312. The first-order chi connectivity index (χ1) is 11.2. The average Bonchev–Trinajstić information content (AvgIpc) is 2.51. The minimum atomic E-state index is -3.06. The van der Waals surface area contributed by atoms with Crippen LogP contribution in [0.15, 0.2) is 23.3 Å². The molecule has 0 spiro atoms. The van der Waals surface area contributed by atoms with Crippen LogP contribution in [0.3, 0.4) is 0 Å². The number of aromatic nitrogens is 1. The van der Waals surface area contributed by atoms with Crippen molar-refractivity contribution in [1.29, 1.82) is 0 Å². The summed E-state index contributed by atoms with van der Waals surface area (Å²) < 4.78 is 23.5. The molecule has 25 heavy (non-hydrogen) atoms. The highest BCUT2D eigenvalue weighted by Gasteiger charge is 2.40. The van der Waals surface area contributed by atoms with Crippen molar-refractivity contribution >= 4 is 51.4 Å². The van der Waals surface area contributed by atoms with E-state index in [1.807, 2.05) is 17.9 Å². The predicted octanol–water partition coefficient (Wildman–Crippen LogP) is 2.37. The number of guanidine groups is 1. The Morgan fingerprint density at radius 3 is 2.72 bits per heavy atom. The first-order valence-corrected chi connectivity index (χ1v) is 10.1. The van der Waals surface area contributed by atoms with Gasteiger partial charge in [0.15, 0.2) is 15.8 Å². The van der Waals surface area contributed by atoms with Crippen molar-refractivity contribution in [3.05, 3.63) is 29.0 Å². The standard InChI is InChI=1S/C16H25ClN4O2S.HI/c1-4-18-15(19-8-7-13-5-6-14(17)20-11-13)21-9-10-24(22,23)16(2,3)12-21;/h5-6,11H,4,7-10,12H2,1-3H3,(H,18,19);1H. The summed E-state index contributed by atoms with van der Waals surface area (Å²) in [6.45, 7) is 7.82. The van der Waals surface area contributed by atoms with Gasteiger partial charge in [0.05, 0.1) is 10.5 Å². The molecule has 0 atom stereocenters. The van der Waals surface area contributed by atoms with Gasteiger partial charge in [0.1, 0.15) is 5.15 Å². The smallest absolute Gasteiger partial charge is 0.194 e. The molecular weight excluding hydrogens is 475 g/mol. The molecule has 1 aliphatic heterocycles. The topological polar surface area (TPSA) is 74.7 Å². The number of sulfone groups is 1. The summed E-state index contributed by atoms with van der Waals surface area (Å²) in [6, 6.07) is 3.71. The monoisotopic (exact) mass is 500 g/mol. The summed E-state index contributed by atoms with van der Waals surface area (Å²) in [5.41, 5.74) is 1.07. The van der Waals surface area contributed by atoms with Gasteiger partial charge in [-0.25, -0.2) is 13.4 Å². The predicted molar refractivity (Wildman–Crippen MR) is 114 cm³/mol. The first-order valence-electron chi connectivity index (χ1n) is 8.11. The molecule has 1 aromatic heterocycles. The van der Waals surface area contributed by atoms with Crippen molar-refractivity contribution in [1.82, 2.24) is 15.2 Å². The van der Waals surface area contributed by atoms with E-state index in [0.717, 1.165) is 24.5 Å². The molecule has 1 fully saturated rings. The fourth-order valence-electron chi connectivity index (χ4n) is 2.60. The molecule has 1 aliphatic rings. The normalized spacial score (nSPS) is 19.2. The number of nitrogens with zero attached hydrogens (tertiary/aromatic N) is 3. The Bertz CT molecular complexity index is 693. The van der Waals surface area contributed by atoms with E-state index in [1.165, 1.54) is 0 Å². The zero-order valence-electron chi connectivity index (χ0n) is 14.8. The van der Waals surface area contributed by atoms with Gasteiger partial charge in [0, 0.05) is 32.4 Å². The summed E-state index contributed by atoms with van der Waals surface area (Å²) in [7, 11) is -3.06. The Morgan fingerprint density at radius 1 is 1.44 bits per heavy atom. The third-order valence-corrected chi connectivity index (χ3v) is 6.89. The lowest BCUT2D eigenvalue weighted by Gasteiger charge is -2.39. The zero-order chi connectivity index (χ0) is 17.8. The molecule has 2 heterocycles. The van der Waals surface area contributed by atoms with Crippen LogP contribution in [0.1, 0.15) is 26.3 Å². The number of pyridine rings is 1. The first kappa shape index (κ1) is 22.4. The van der Waals surface area contributed by atoms with E-state index in [1.54, 1.807) is 26.1 Å². The molecule has 0 aliphatic carbocycles. The van der Waals surface area contributed by atoms with Crippen LogP contribution >= 0.6 is 35.6 Å². The lowest BCUT2D eigenvalue weighted by molar-refractivity contribution is 0.353. The molecular formula is C16H26ClIN4O2S. The van der Waals surface area contributed by atoms with Crippen LogP contribution in [0.5, 0.6) is 0 Å². The van der Waals surface area contributed by atoms with Crippen LogP contribution in [-0.2, 0) is 16.3 Å². The van der Waals surface area contributed by atoms with Crippen LogP contribution < -0.4 is 5.32 Å². The zero-order valence-corrected chi connectivity index (χ0v) is 18.7. The molecule has 0 amide bonds. The fourth-order valence-corrected chi connectivity index (χ4v) is 4.07. The Morgan fingerprint density at radius 2 is 2.16 bits per heavy atom. The third-order valence-electron chi connectivity index (χ3n) is 4.13. The van der Waals surface area contributed by atoms with Crippen molar-refractivity contribution in [2.45, 2.75) is 31.9 Å². The summed E-state index contributed by atoms with van der Waals surface area (Å²) in [5, 5.41) is 3.74. The van der Waals surface area contributed by atoms with E-state index >= 15 is 0 Å². The van der Waals surface area contributed by atoms with Crippen LogP contribution in [0.25, 0.3) is 0 Å². The molecule has 9 heteroatoms. The van der Waals surface area contributed by atoms with Crippen LogP contribution in [0.2, 0.25) is 5.15 Å². The van der Waals surface area contributed by atoms with E-state index < -0.39 is 14.6 Å². The second kappa shape index (κ2) is 9.36. The second-order valence-corrected chi connectivity index (χ2v) is 9.61. The maximum Gasteiger partial charge on any atom is 0.194 e. The van der Waals surface area contributed by atoms with E-state index in [9.17, 15) is 8.42 Å². The number of nitrogens with one attached hydrogen (secondary N) is 1. The molecule has 0 bridgehead atoms. The molecule has 0 aromatic carbocycles. The van der Waals surface area contributed by atoms with Gasteiger partial charge in [0.25, 0.3) is 0 Å². The average molecular weight is 501 g/mol. The van der Waals surface area contributed by atoms with Crippen molar-refractivity contribution in [2.75, 3.05) is 31.9 Å². The number of aliphatic imine (C=N–C) groups is 1. The van der Waals surface area contributed by atoms with Crippen molar-refractivity contribution in [3.8, 4) is 0 Å². The number of hydrogen-bond acceptors (Lipinski definition) is 4. The highest BCUT2D eigenvalue weighted by Crippen LogP contribution is 2.23. The van der Waals surface area contributed by atoms with Gasteiger partial charge in [0.2, 0.25) is 0 Å². The molecule has 0 saturated carbocycles. The second-order valence-electron chi connectivity index (χ2n) is 6.47. The number of rotatable bonds is 4. The Kier molecular flexibility index (Phi) is 8.40. The summed E-state index contributed by atoms with van der Waals surface area (Å²) >= 11 is 5.78. The van der Waals surface area contributed by atoms with Gasteiger partial charge in [-0.1, -0.05) is 17.7 Å². The van der Waals surface area contributed by atoms with Gasteiger partial charge >= 0.3 is 0 Å². The molecule has 1 aromatic rings. The van der Waals surface area contributed by atoms with E-state index in [2.05, 4.69) is 15.3 Å². The quantitative estimate of drug-likeness (QED) is 0.297. The van der Waals surface area contributed by atoms with Crippen LogP contribution in [-0.4, -0.2) is 60.9 Å². The van der Waals surface area contributed by atoms with Gasteiger partial charge in [-0.2, -0.15) is 0 Å². The SMILES string of the molecule is CCNC(=NCCc1ccc(Cl)nc1)N1CCS(=O)(=O)C(C)(C)C1.I. The highest BCUT2D eigenvalue weighted by molar-refractivity contribution is 14.0. The van der Waals surface area contributed by atoms with E-state index in [-0.39, 0.29) is 29.7 Å². The largest absolute Gasteiger partial charge is 0.357 e. The molecule has 2 rings (SSSR count). The van der Waals surface area contributed by atoms with Crippen molar-refractivity contribution < 1.29 is 8.42 Å². The Hall–Kier alpha value is -0.610. The Labute approximate surface area is 172 Å². The van der Waals surface area contributed by atoms with Gasteiger partial charge < -0.3 is 10.2 Å². The highest BCUT2D eigenvalue weighted by atomic mass is 127. The molecule has 6 nitrogen and oxygen atoms in total. The van der Waals surface area contributed by atoms with E-state index in [0.29, 0.717) is 24.8 Å². The minimum Gasteiger partial charge on any atom is -0.357 e. The van der Waals surface area contributed by atoms with Gasteiger partial charge in [-0.3, -0.25) is 4.99 Å². The van der Waals surface area contributed by atoms with Crippen LogP contribution in [0.4, 0.5) is 0 Å². The summed E-state index contributed by atoms with van der Waals surface area (Å²) in [6.07, 6.45) is 2.51. The van der Waals surface area contributed by atoms with Crippen molar-refractivity contribution in [2.24, 2.45) is 4.99 Å². The molecule has 1 N–H and O–H groups in total. The lowest BCUT2D eigenvalue weighted by Crippen LogP contribution is -2.57. The van der Waals surface area contributed by atoms with Crippen molar-refractivity contribution in [3.63, 3.8) is 0 Å². The maximum absolute atomic E-state index is 12.2. The fraction of sp³-hybridized carbons (Fsp3) is 0.625. The van der Waals surface area contributed by atoms with Crippen LogP contribution in [0, 0.1) is 0 Å². The molecule has 0 radical (unpaired) electrons. The van der Waals surface area contributed by atoms with E-state index in [4.69, 9.17) is 11.6 Å². The molecule has 1 saturated heterocycles. The third kappa shape index (κ3) is 5.96. The molecule has 142 valence electrons. The molecule has 0 unspecified atom stereocenters. The van der Waals surface area contributed by atoms with Gasteiger partial charge in [-0.05, 0) is 38.8 Å².